The smallest absolute Gasteiger partial charge is 0.00362 e. The van der Waals surface area contributed by atoms with Gasteiger partial charge in [-0.05, 0) is 55.3 Å². The van der Waals surface area contributed by atoms with Gasteiger partial charge in [0.25, 0.3) is 0 Å². The van der Waals surface area contributed by atoms with Crippen molar-refractivity contribution in [1.29, 1.82) is 0 Å². The van der Waals surface area contributed by atoms with Gasteiger partial charge in [-0.3, -0.25) is 0 Å². The first-order valence-electron chi connectivity index (χ1n) is 7.64. The van der Waals surface area contributed by atoms with Crippen LogP contribution in [0.5, 0.6) is 0 Å². The lowest BCUT2D eigenvalue weighted by Gasteiger charge is -2.50. The van der Waals surface area contributed by atoms with Crippen LogP contribution in [0.4, 0.5) is 0 Å². The normalized spacial score (nSPS) is 34.2. The van der Waals surface area contributed by atoms with Gasteiger partial charge in [-0.1, -0.05) is 41.0 Å². The van der Waals surface area contributed by atoms with Crippen LogP contribution in [0.3, 0.4) is 0 Å². The lowest BCUT2D eigenvalue weighted by Crippen LogP contribution is -2.44. The maximum Gasteiger partial charge on any atom is 0.00362 e. The lowest BCUT2D eigenvalue weighted by atomic mass is 9.55. The van der Waals surface area contributed by atoms with Crippen LogP contribution in [0, 0.1) is 35.5 Å². The molecular formula is C16H33N. The third kappa shape index (κ3) is 3.47. The Bertz CT molecular complexity index is 222. The van der Waals surface area contributed by atoms with Crippen LogP contribution >= 0.6 is 0 Å². The van der Waals surface area contributed by atoms with Gasteiger partial charge in [0, 0.05) is 6.04 Å². The van der Waals surface area contributed by atoms with Crippen molar-refractivity contribution in [3.05, 3.63) is 0 Å². The fourth-order valence-electron chi connectivity index (χ4n) is 3.88. The molecule has 1 heteroatoms. The van der Waals surface area contributed by atoms with E-state index >= 15 is 0 Å². The first kappa shape index (κ1) is 15.0. The summed E-state index contributed by atoms with van der Waals surface area (Å²) in [5.41, 5.74) is 5.99. The minimum Gasteiger partial charge on any atom is -0.328 e. The predicted octanol–water partition coefficient (Wildman–Crippen LogP) is 4.31. The zero-order chi connectivity index (χ0) is 13.2. The Morgan fingerprint density at radius 3 is 2.12 bits per heavy atom. The van der Waals surface area contributed by atoms with Crippen molar-refractivity contribution in [1.82, 2.24) is 0 Å². The number of nitrogens with two attached hydrogens (primary N) is 1. The van der Waals surface area contributed by atoms with E-state index in [9.17, 15) is 0 Å². The Balaban J connectivity index is 2.50. The molecule has 102 valence electrons. The molecule has 0 amide bonds. The summed E-state index contributed by atoms with van der Waals surface area (Å²) in [5, 5.41) is 0. The molecule has 0 bridgehead atoms. The van der Waals surface area contributed by atoms with Gasteiger partial charge in [0.1, 0.15) is 0 Å². The van der Waals surface area contributed by atoms with Crippen LogP contribution in [0.1, 0.15) is 60.8 Å². The van der Waals surface area contributed by atoms with E-state index in [1.165, 1.54) is 19.3 Å². The topological polar surface area (TPSA) is 26.0 Å². The molecule has 1 rings (SSSR count). The highest BCUT2D eigenvalue weighted by molar-refractivity contribution is 4.93. The largest absolute Gasteiger partial charge is 0.328 e. The summed E-state index contributed by atoms with van der Waals surface area (Å²) < 4.78 is 0. The highest BCUT2D eigenvalue weighted by Crippen LogP contribution is 2.51. The molecule has 0 saturated heterocycles. The Labute approximate surface area is 109 Å². The summed E-state index contributed by atoms with van der Waals surface area (Å²) in [5.74, 6) is 5.29. The van der Waals surface area contributed by atoms with Crippen molar-refractivity contribution in [3.8, 4) is 0 Å². The fourth-order valence-corrected chi connectivity index (χ4v) is 3.88. The maximum absolute atomic E-state index is 5.99. The molecule has 0 spiro atoms. The van der Waals surface area contributed by atoms with E-state index in [0.29, 0.717) is 12.0 Å². The van der Waals surface area contributed by atoms with E-state index in [1.807, 2.05) is 0 Å². The Kier molecular flexibility index (Phi) is 5.50. The molecule has 0 heterocycles. The van der Waals surface area contributed by atoms with Crippen molar-refractivity contribution >= 4 is 0 Å². The number of rotatable bonds is 6. The van der Waals surface area contributed by atoms with Gasteiger partial charge in [0.2, 0.25) is 0 Å². The molecule has 0 aromatic heterocycles. The predicted molar refractivity (Wildman–Crippen MR) is 76.8 cm³/mol. The van der Waals surface area contributed by atoms with Crippen LogP contribution in [0.25, 0.3) is 0 Å². The Hall–Kier alpha value is -0.0400. The second-order valence-corrected chi connectivity index (χ2v) is 6.94. The van der Waals surface area contributed by atoms with Crippen molar-refractivity contribution in [3.63, 3.8) is 0 Å². The van der Waals surface area contributed by atoms with Crippen LogP contribution in [-0.4, -0.2) is 6.04 Å². The van der Waals surface area contributed by atoms with E-state index in [4.69, 9.17) is 5.73 Å². The Morgan fingerprint density at radius 1 is 1.12 bits per heavy atom. The summed E-state index contributed by atoms with van der Waals surface area (Å²) in [4.78, 5) is 0. The molecule has 0 aromatic rings. The molecule has 0 aromatic carbocycles. The SMILES string of the molecule is CC[C@@H]1C[C@H]([C@@H](C)C[C@H](C)C(C)N)[C@@H]1C(C)C. The van der Waals surface area contributed by atoms with Crippen molar-refractivity contribution in [2.75, 3.05) is 0 Å². The maximum atomic E-state index is 5.99. The minimum absolute atomic E-state index is 0.344. The molecule has 1 nitrogen and oxygen atoms in total. The second-order valence-electron chi connectivity index (χ2n) is 6.94. The summed E-state index contributed by atoms with van der Waals surface area (Å²) in [6, 6.07) is 0.344. The highest BCUT2D eigenvalue weighted by Gasteiger charge is 2.43. The van der Waals surface area contributed by atoms with Gasteiger partial charge in [-0.25, -0.2) is 0 Å². The third-order valence-electron chi connectivity index (χ3n) is 5.28. The monoisotopic (exact) mass is 239 g/mol. The molecule has 1 unspecified atom stereocenters. The number of hydrogen-bond acceptors (Lipinski definition) is 1. The zero-order valence-corrected chi connectivity index (χ0v) is 12.7. The highest BCUT2D eigenvalue weighted by atomic mass is 14.6. The second kappa shape index (κ2) is 6.22. The molecule has 0 aliphatic heterocycles. The van der Waals surface area contributed by atoms with Crippen molar-refractivity contribution < 1.29 is 0 Å². The van der Waals surface area contributed by atoms with Crippen LogP contribution in [-0.2, 0) is 0 Å². The summed E-state index contributed by atoms with van der Waals surface area (Å²) in [7, 11) is 0. The summed E-state index contributed by atoms with van der Waals surface area (Å²) in [6.07, 6.45) is 4.14. The molecule has 1 saturated carbocycles. The van der Waals surface area contributed by atoms with Gasteiger partial charge in [-0.15, -0.1) is 0 Å². The van der Waals surface area contributed by atoms with Crippen molar-refractivity contribution in [2.24, 2.45) is 41.2 Å². The average molecular weight is 239 g/mol. The van der Waals surface area contributed by atoms with Crippen molar-refractivity contribution in [2.45, 2.75) is 66.8 Å². The van der Waals surface area contributed by atoms with E-state index < -0.39 is 0 Å². The molecular weight excluding hydrogens is 206 g/mol. The lowest BCUT2D eigenvalue weighted by molar-refractivity contribution is -0.0143. The van der Waals surface area contributed by atoms with Crippen LogP contribution < -0.4 is 5.73 Å². The third-order valence-corrected chi connectivity index (χ3v) is 5.28. The summed E-state index contributed by atoms with van der Waals surface area (Å²) in [6.45, 7) is 14.1. The van der Waals surface area contributed by atoms with E-state index in [2.05, 4.69) is 41.5 Å². The van der Waals surface area contributed by atoms with Gasteiger partial charge < -0.3 is 5.73 Å². The molecule has 1 fully saturated rings. The first-order valence-corrected chi connectivity index (χ1v) is 7.64. The molecule has 1 aliphatic carbocycles. The number of hydrogen-bond donors (Lipinski definition) is 1. The molecule has 1 aliphatic rings. The quantitative estimate of drug-likeness (QED) is 0.734. The van der Waals surface area contributed by atoms with Gasteiger partial charge in [0.05, 0.1) is 0 Å². The minimum atomic E-state index is 0.344. The van der Waals surface area contributed by atoms with E-state index in [0.717, 1.165) is 29.6 Å². The summed E-state index contributed by atoms with van der Waals surface area (Å²) >= 11 is 0. The van der Waals surface area contributed by atoms with Gasteiger partial charge >= 0.3 is 0 Å². The standard InChI is InChI=1S/C16H33N/c1-7-14-9-15(16(14)10(2)3)12(5)8-11(4)13(6)17/h10-16H,7-9,17H2,1-6H3/t11-,12-,13?,14+,15+,16+/m0/s1. The van der Waals surface area contributed by atoms with E-state index in [1.54, 1.807) is 0 Å². The van der Waals surface area contributed by atoms with Crippen LogP contribution in [0.15, 0.2) is 0 Å². The zero-order valence-electron chi connectivity index (χ0n) is 12.7. The molecule has 0 radical (unpaired) electrons. The molecule has 2 N–H and O–H groups in total. The Morgan fingerprint density at radius 2 is 1.71 bits per heavy atom. The molecule has 17 heavy (non-hydrogen) atoms. The van der Waals surface area contributed by atoms with Gasteiger partial charge in [0.15, 0.2) is 0 Å². The van der Waals surface area contributed by atoms with E-state index in [-0.39, 0.29) is 0 Å². The van der Waals surface area contributed by atoms with Gasteiger partial charge in [-0.2, -0.15) is 0 Å². The molecule has 6 atom stereocenters. The average Bonchev–Trinajstić information content (AvgIpc) is 2.15. The first-order chi connectivity index (χ1) is 7.88. The fraction of sp³-hybridized carbons (Fsp3) is 1.00. The van der Waals surface area contributed by atoms with Crippen LogP contribution in [0.2, 0.25) is 0 Å².